The second kappa shape index (κ2) is 5.52. The first-order valence-corrected chi connectivity index (χ1v) is 6.67. The third-order valence-electron chi connectivity index (χ3n) is 3.45. The van der Waals surface area contributed by atoms with Crippen LogP contribution in [0.4, 0.5) is 15.9 Å². The molecule has 3 rings (SSSR count). The van der Waals surface area contributed by atoms with Crippen LogP contribution in [0, 0.1) is 15.9 Å². The molecule has 0 fully saturated rings. The third kappa shape index (κ3) is 2.76. The van der Waals surface area contributed by atoms with E-state index in [0.29, 0.717) is 16.5 Å². The largest absolute Gasteiger partial charge is 0.361 e. The highest BCUT2D eigenvalue weighted by Gasteiger charge is 2.21. The van der Waals surface area contributed by atoms with Gasteiger partial charge in [-0.2, -0.15) is 5.10 Å². The number of anilines is 1. The number of H-pyrrole nitrogens is 1. The van der Waals surface area contributed by atoms with E-state index in [-0.39, 0.29) is 17.9 Å². The van der Waals surface area contributed by atoms with Crippen LogP contribution in [0.1, 0.15) is 5.56 Å². The van der Waals surface area contributed by atoms with Gasteiger partial charge in [-0.25, -0.2) is 9.07 Å². The van der Waals surface area contributed by atoms with Gasteiger partial charge in [-0.05, 0) is 23.8 Å². The summed E-state index contributed by atoms with van der Waals surface area (Å²) in [6, 6.07) is 4.24. The van der Waals surface area contributed by atoms with E-state index < -0.39 is 16.6 Å². The fourth-order valence-corrected chi connectivity index (χ4v) is 2.35. The summed E-state index contributed by atoms with van der Waals surface area (Å²) in [4.78, 5) is 25.4. The number of fused-ring (bicyclic) bond motifs is 1. The number of rotatable bonds is 4. The maximum atomic E-state index is 13.3. The Hall–Kier alpha value is -3.23. The number of carbonyl (C=O) groups excluding carboxylic acids is 1. The first-order valence-electron chi connectivity index (χ1n) is 6.67. The van der Waals surface area contributed by atoms with Crippen LogP contribution < -0.4 is 5.32 Å². The number of aromatic nitrogens is 3. The Balaban J connectivity index is 1.83. The summed E-state index contributed by atoms with van der Waals surface area (Å²) in [6.07, 6.45) is 2.63. The summed E-state index contributed by atoms with van der Waals surface area (Å²) in [5.74, 6) is -0.853. The first-order chi connectivity index (χ1) is 11.0. The second-order valence-electron chi connectivity index (χ2n) is 4.99. The summed E-state index contributed by atoms with van der Waals surface area (Å²) < 4.78 is 14.5. The fraction of sp³-hybridized carbons (Fsp3) is 0.143. The predicted octanol–water partition coefficient (Wildman–Crippen LogP) is 2.13. The van der Waals surface area contributed by atoms with Crippen molar-refractivity contribution < 1.29 is 14.1 Å². The van der Waals surface area contributed by atoms with Gasteiger partial charge in [0, 0.05) is 24.1 Å². The number of nitro groups is 1. The molecule has 0 aliphatic heterocycles. The quantitative estimate of drug-likeness (QED) is 0.568. The molecule has 0 radical (unpaired) electrons. The lowest BCUT2D eigenvalue weighted by molar-refractivity contribution is -0.384. The van der Waals surface area contributed by atoms with Crippen LogP contribution in [0.25, 0.3) is 10.9 Å². The number of aromatic amines is 1. The summed E-state index contributed by atoms with van der Waals surface area (Å²) >= 11 is 0. The van der Waals surface area contributed by atoms with E-state index in [1.54, 1.807) is 12.3 Å². The van der Waals surface area contributed by atoms with E-state index in [9.17, 15) is 19.3 Å². The molecule has 0 aliphatic carbocycles. The second-order valence-corrected chi connectivity index (χ2v) is 4.99. The lowest BCUT2D eigenvalue weighted by Gasteiger charge is -2.04. The number of carbonyl (C=O) groups is 1. The number of halogens is 1. The van der Waals surface area contributed by atoms with E-state index in [1.807, 2.05) is 0 Å². The molecular weight excluding hydrogens is 305 g/mol. The minimum atomic E-state index is -0.621. The monoisotopic (exact) mass is 317 g/mol. The van der Waals surface area contributed by atoms with Gasteiger partial charge < -0.3 is 10.3 Å². The summed E-state index contributed by atoms with van der Waals surface area (Å²) in [5.41, 5.74) is 1.02. The van der Waals surface area contributed by atoms with E-state index in [4.69, 9.17) is 0 Å². The molecule has 9 heteroatoms. The number of hydrogen-bond donors (Lipinski definition) is 2. The van der Waals surface area contributed by atoms with Crippen LogP contribution in [-0.4, -0.2) is 25.6 Å². The molecule has 0 bridgehead atoms. The van der Waals surface area contributed by atoms with Crippen molar-refractivity contribution in [3.8, 4) is 0 Å². The van der Waals surface area contributed by atoms with Gasteiger partial charge >= 0.3 is 5.69 Å². The van der Waals surface area contributed by atoms with Gasteiger partial charge in [-0.1, -0.05) is 0 Å². The smallest absolute Gasteiger partial charge is 0.331 e. The SMILES string of the molecule is Cn1ncc([N+](=O)[O-])c1NC(=O)Cc1c[nH]c2ccc(F)cc12. The van der Waals surface area contributed by atoms with Gasteiger partial charge in [-0.15, -0.1) is 0 Å². The van der Waals surface area contributed by atoms with E-state index in [1.165, 1.54) is 23.9 Å². The molecule has 23 heavy (non-hydrogen) atoms. The average molecular weight is 317 g/mol. The maximum absolute atomic E-state index is 13.3. The van der Waals surface area contributed by atoms with Crippen molar-refractivity contribution in [2.24, 2.45) is 7.05 Å². The molecule has 0 unspecified atom stereocenters. The summed E-state index contributed by atoms with van der Waals surface area (Å²) in [6.45, 7) is 0. The van der Waals surface area contributed by atoms with Gasteiger partial charge in [0.2, 0.25) is 11.7 Å². The van der Waals surface area contributed by atoms with Gasteiger partial charge in [0.05, 0.1) is 11.3 Å². The van der Waals surface area contributed by atoms with E-state index in [2.05, 4.69) is 15.4 Å². The number of aryl methyl sites for hydroxylation is 1. The zero-order chi connectivity index (χ0) is 16.6. The van der Waals surface area contributed by atoms with Crippen molar-refractivity contribution in [3.63, 3.8) is 0 Å². The fourth-order valence-electron chi connectivity index (χ4n) is 2.35. The highest BCUT2D eigenvalue weighted by molar-refractivity contribution is 5.96. The van der Waals surface area contributed by atoms with Crippen LogP contribution >= 0.6 is 0 Å². The number of nitrogens with one attached hydrogen (secondary N) is 2. The molecule has 118 valence electrons. The van der Waals surface area contributed by atoms with Crippen molar-refractivity contribution in [2.45, 2.75) is 6.42 Å². The molecule has 0 spiro atoms. The first kappa shape index (κ1) is 14.7. The molecule has 1 amide bonds. The summed E-state index contributed by atoms with van der Waals surface area (Å²) in [5, 5.41) is 17.7. The van der Waals surface area contributed by atoms with Gasteiger partial charge in [0.1, 0.15) is 12.0 Å². The standard InChI is InChI=1S/C14H12FN5O3/c1-19-14(12(7-17-19)20(22)23)18-13(21)4-8-6-16-11-3-2-9(15)5-10(8)11/h2-3,5-7,16H,4H2,1H3,(H,18,21). The topological polar surface area (TPSA) is 106 Å². The molecule has 0 atom stereocenters. The maximum Gasteiger partial charge on any atom is 0.331 e. The zero-order valence-corrected chi connectivity index (χ0v) is 12.0. The van der Waals surface area contributed by atoms with Crippen LogP contribution in [0.2, 0.25) is 0 Å². The minimum Gasteiger partial charge on any atom is -0.361 e. The van der Waals surface area contributed by atoms with Crippen LogP contribution in [-0.2, 0) is 18.3 Å². The normalized spacial score (nSPS) is 10.9. The molecule has 0 saturated heterocycles. The zero-order valence-electron chi connectivity index (χ0n) is 12.0. The van der Waals surface area contributed by atoms with Crippen molar-refractivity contribution in [2.75, 3.05) is 5.32 Å². The van der Waals surface area contributed by atoms with Gasteiger partial charge in [-0.3, -0.25) is 14.9 Å². The molecule has 2 N–H and O–H groups in total. The minimum absolute atomic E-state index is 0.00558. The van der Waals surface area contributed by atoms with Crippen molar-refractivity contribution in [3.05, 3.63) is 52.1 Å². The molecule has 1 aromatic carbocycles. The summed E-state index contributed by atoms with van der Waals surface area (Å²) in [7, 11) is 1.49. The predicted molar refractivity (Wildman–Crippen MR) is 80.5 cm³/mol. The van der Waals surface area contributed by atoms with E-state index in [0.717, 1.165) is 6.20 Å². The Kier molecular flexibility index (Phi) is 3.53. The van der Waals surface area contributed by atoms with Gasteiger partial charge in [0.15, 0.2) is 0 Å². The van der Waals surface area contributed by atoms with Crippen molar-refractivity contribution >= 4 is 28.3 Å². The number of nitrogens with zero attached hydrogens (tertiary/aromatic N) is 3. The highest BCUT2D eigenvalue weighted by Crippen LogP contribution is 2.24. The van der Waals surface area contributed by atoms with Crippen molar-refractivity contribution in [1.82, 2.24) is 14.8 Å². The van der Waals surface area contributed by atoms with Crippen molar-refractivity contribution in [1.29, 1.82) is 0 Å². The van der Waals surface area contributed by atoms with E-state index >= 15 is 0 Å². The lowest BCUT2D eigenvalue weighted by Crippen LogP contribution is -2.17. The lowest BCUT2D eigenvalue weighted by atomic mass is 10.1. The molecule has 2 aromatic heterocycles. The highest BCUT2D eigenvalue weighted by atomic mass is 19.1. The third-order valence-corrected chi connectivity index (χ3v) is 3.45. The number of amides is 1. The van der Waals surface area contributed by atoms with Gasteiger partial charge in [0.25, 0.3) is 0 Å². The Bertz CT molecular complexity index is 914. The molecular formula is C14H12FN5O3. The molecule has 3 aromatic rings. The Labute approximate surface area is 129 Å². The molecule has 2 heterocycles. The molecule has 0 saturated carbocycles. The number of hydrogen-bond acceptors (Lipinski definition) is 4. The average Bonchev–Trinajstić information content (AvgIpc) is 3.04. The Morgan fingerprint density at radius 2 is 2.30 bits per heavy atom. The number of benzene rings is 1. The van der Waals surface area contributed by atoms with Crippen LogP contribution in [0.5, 0.6) is 0 Å². The Morgan fingerprint density at radius 3 is 3.04 bits per heavy atom. The molecule has 8 nitrogen and oxygen atoms in total. The Morgan fingerprint density at radius 1 is 1.52 bits per heavy atom. The van der Waals surface area contributed by atoms with Crippen LogP contribution in [0.3, 0.4) is 0 Å². The molecule has 0 aliphatic rings. The van der Waals surface area contributed by atoms with Crippen LogP contribution in [0.15, 0.2) is 30.6 Å².